The van der Waals surface area contributed by atoms with Crippen molar-refractivity contribution in [3.05, 3.63) is 29.3 Å². The summed E-state index contributed by atoms with van der Waals surface area (Å²) in [6, 6.07) is 8.37. The van der Waals surface area contributed by atoms with Crippen LogP contribution < -0.4 is 5.32 Å². The van der Waals surface area contributed by atoms with E-state index >= 15 is 0 Å². The van der Waals surface area contributed by atoms with Crippen molar-refractivity contribution >= 4 is 17.3 Å². The van der Waals surface area contributed by atoms with Crippen molar-refractivity contribution in [3.63, 3.8) is 0 Å². The number of hydrogen-bond donors (Lipinski definition) is 1. The maximum absolute atomic E-state index is 5.83. The van der Waals surface area contributed by atoms with Crippen molar-refractivity contribution in [1.82, 2.24) is 0 Å². The Kier molecular flexibility index (Phi) is 3.49. The molecule has 0 bridgehead atoms. The largest absolute Gasteiger partial charge is 0.382 e. The van der Waals surface area contributed by atoms with Gasteiger partial charge >= 0.3 is 0 Å². The third-order valence-corrected chi connectivity index (χ3v) is 2.95. The second-order valence-corrected chi connectivity index (χ2v) is 4.49. The van der Waals surface area contributed by atoms with Gasteiger partial charge in [-0.25, -0.2) is 0 Å². The monoisotopic (exact) mass is 225 g/mol. The molecule has 1 aliphatic rings. The van der Waals surface area contributed by atoms with Crippen LogP contribution in [0.1, 0.15) is 19.8 Å². The average molecular weight is 226 g/mol. The first kappa shape index (κ1) is 10.8. The molecular weight excluding hydrogens is 210 g/mol. The van der Waals surface area contributed by atoms with Crippen LogP contribution in [0.3, 0.4) is 0 Å². The van der Waals surface area contributed by atoms with Gasteiger partial charge in [-0.15, -0.1) is 0 Å². The lowest BCUT2D eigenvalue weighted by Gasteiger charge is -2.28. The molecule has 0 amide bonds. The Bertz CT molecular complexity index is 312. The molecule has 2 unspecified atom stereocenters. The Morgan fingerprint density at radius 3 is 2.73 bits per heavy atom. The Labute approximate surface area is 95.6 Å². The van der Waals surface area contributed by atoms with Crippen molar-refractivity contribution in [2.24, 2.45) is 0 Å². The zero-order chi connectivity index (χ0) is 10.7. The van der Waals surface area contributed by atoms with Gasteiger partial charge in [-0.2, -0.15) is 0 Å². The second kappa shape index (κ2) is 4.86. The first-order valence-electron chi connectivity index (χ1n) is 5.38. The van der Waals surface area contributed by atoms with Crippen molar-refractivity contribution in [3.8, 4) is 0 Å². The number of benzene rings is 1. The molecule has 1 aromatic carbocycles. The van der Waals surface area contributed by atoms with Gasteiger partial charge in [0, 0.05) is 23.4 Å². The van der Waals surface area contributed by atoms with Crippen LogP contribution >= 0.6 is 11.6 Å². The van der Waals surface area contributed by atoms with Crippen LogP contribution in [0, 0.1) is 0 Å². The Hall–Kier alpha value is -0.730. The van der Waals surface area contributed by atoms with E-state index in [4.69, 9.17) is 16.3 Å². The first-order chi connectivity index (χ1) is 7.24. The third kappa shape index (κ3) is 3.11. The van der Waals surface area contributed by atoms with Gasteiger partial charge in [0.1, 0.15) is 0 Å². The van der Waals surface area contributed by atoms with Crippen LogP contribution in [0.15, 0.2) is 24.3 Å². The predicted octanol–water partition coefficient (Wildman–Crippen LogP) is 3.32. The molecule has 1 N–H and O–H groups in total. The van der Waals surface area contributed by atoms with Gasteiger partial charge in [0.25, 0.3) is 0 Å². The number of ether oxygens (including phenoxy) is 1. The second-order valence-electron chi connectivity index (χ2n) is 4.05. The van der Waals surface area contributed by atoms with Crippen LogP contribution in [0.5, 0.6) is 0 Å². The quantitative estimate of drug-likeness (QED) is 0.834. The molecule has 3 heteroatoms. The molecule has 15 heavy (non-hydrogen) atoms. The van der Waals surface area contributed by atoms with Crippen molar-refractivity contribution in [2.75, 3.05) is 11.9 Å². The SMILES string of the molecule is CC1CC(Nc2ccc(Cl)cc2)CCO1. The molecule has 1 fully saturated rings. The van der Waals surface area contributed by atoms with E-state index in [0.717, 1.165) is 30.2 Å². The highest BCUT2D eigenvalue weighted by Crippen LogP contribution is 2.20. The van der Waals surface area contributed by atoms with E-state index < -0.39 is 0 Å². The highest BCUT2D eigenvalue weighted by Gasteiger charge is 2.18. The molecule has 0 spiro atoms. The molecule has 0 radical (unpaired) electrons. The van der Waals surface area contributed by atoms with Crippen molar-refractivity contribution < 1.29 is 4.74 Å². The summed E-state index contributed by atoms with van der Waals surface area (Å²) in [6.07, 6.45) is 2.51. The van der Waals surface area contributed by atoms with E-state index in [2.05, 4.69) is 12.2 Å². The summed E-state index contributed by atoms with van der Waals surface area (Å²) in [6.45, 7) is 2.97. The Morgan fingerprint density at radius 2 is 2.07 bits per heavy atom. The molecule has 2 rings (SSSR count). The van der Waals surface area contributed by atoms with E-state index in [-0.39, 0.29) is 0 Å². The first-order valence-corrected chi connectivity index (χ1v) is 5.75. The summed E-state index contributed by atoms with van der Waals surface area (Å²) in [5.74, 6) is 0. The predicted molar refractivity (Wildman–Crippen MR) is 63.5 cm³/mol. The van der Waals surface area contributed by atoms with E-state index in [1.54, 1.807) is 0 Å². The van der Waals surface area contributed by atoms with E-state index in [9.17, 15) is 0 Å². The Morgan fingerprint density at radius 1 is 1.33 bits per heavy atom. The molecule has 2 nitrogen and oxygen atoms in total. The highest BCUT2D eigenvalue weighted by atomic mass is 35.5. The maximum atomic E-state index is 5.83. The van der Waals surface area contributed by atoms with Crippen molar-refractivity contribution in [2.45, 2.75) is 31.9 Å². The zero-order valence-electron chi connectivity index (χ0n) is 8.87. The Balaban J connectivity index is 1.93. The number of rotatable bonds is 2. The van der Waals surface area contributed by atoms with Gasteiger partial charge in [-0.1, -0.05) is 11.6 Å². The lowest BCUT2D eigenvalue weighted by Crippen LogP contribution is -2.32. The molecule has 0 saturated carbocycles. The van der Waals surface area contributed by atoms with E-state index in [0.29, 0.717) is 12.1 Å². The summed E-state index contributed by atoms with van der Waals surface area (Å²) < 4.78 is 5.50. The maximum Gasteiger partial charge on any atom is 0.0566 e. The summed E-state index contributed by atoms with van der Waals surface area (Å²) in [7, 11) is 0. The van der Waals surface area contributed by atoms with Gasteiger partial charge in [-0.3, -0.25) is 0 Å². The highest BCUT2D eigenvalue weighted by molar-refractivity contribution is 6.30. The summed E-state index contributed by atoms with van der Waals surface area (Å²) in [5, 5.41) is 4.28. The van der Waals surface area contributed by atoms with Crippen LogP contribution in [-0.2, 0) is 4.74 Å². The van der Waals surface area contributed by atoms with Gasteiger partial charge in [0.05, 0.1) is 6.10 Å². The summed E-state index contributed by atoms with van der Waals surface area (Å²) in [4.78, 5) is 0. The molecule has 0 aromatic heterocycles. The number of halogens is 1. The molecule has 2 atom stereocenters. The molecule has 1 heterocycles. The summed E-state index contributed by atoms with van der Waals surface area (Å²) >= 11 is 5.83. The molecule has 1 saturated heterocycles. The summed E-state index contributed by atoms with van der Waals surface area (Å²) in [5.41, 5.74) is 1.14. The molecule has 1 aromatic rings. The van der Waals surface area contributed by atoms with Crippen molar-refractivity contribution in [1.29, 1.82) is 0 Å². The average Bonchev–Trinajstić information content (AvgIpc) is 2.22. The van der Waals surface area contributed by atoms with Crippen LogP contribution in [-0.4, -0.2) is 18.8 Å². The van der Waals surface area contributed by atoms with Crippen LogP contribution in [0.4, 0.5) is 5.69 Å². The fourth-order valence-electron chi connectivity index (χ4n) is 1.91. The molecule has 0 aliphatic carbocycles. The minimum atomic E-state index is 0.364. The standard InChI is InChI=1S/C12H16ClNO/c1-9-8-12(6-7-15-9)14-11-4-2-10(13)3-5-11/h2-5,9,12,14H,6-8H2,1H3. The van der Waals surface area contributed by atoms with Gasteiger partial charge in [0.2, 0.25) is 0 Å². The van der Waals surface area contributed by atoms with Crippen LogP contribution in [0.25, 0.3) is 0 Å². The van der Waals surface area contributed by atoms with E-state index in [1.165, 1.54) is 0 Å². The van der Waals surface area contributed by atoms with Gasteiger partial charge in [-0.05, 0) is 44.0 Å². The fourth-order valence-corrected chi connectivity index (χ4v) is 2.04. The lowest BCUT2D eigenvalue weighted by molar-refractivity contribution is 0.0232. The third-order valence-electron chi connectivity index (χ3n) is 2.70. The van der Waals surface area contributed by atoms with Gasteiger partial charge < -0.3 is 10.1 Å². The normalized spacial score (nSPS) is 26.3. The fraction of sp³-hybridized carbons (Fsp3) is 0.500. The smallest absolute Gasteiger partial charge is 0.0566 e. The zero-order valence-corrected chi connectivity index (χ0v) is 9.63. The van der Waals surface area contributed by atoms with Crippen LogP contribution in [0.2, 0.25) is 5.02 Å². The number of hydrogen-bond acceptors (Lipinski definition) is 2. The topological polar surface area (TPSA) is 21.3 Å². The lowest BCUT2D eigenvalue weighted by atomic mass is 10.0. The molecular formula is C12H16ClNO. The minimum absolute atomic E-state index is 0.364. The molecule has 82 valence electrons. The van der Waals surface area contributed by atoms with E-state index in [1.807, 2.05) is 24.3 Å². The van der Waals surface area contributed by atoms with Gasteiger partial charge in [0.15, 0.2) is 0 Å². The molecule has 1 aliphatic heterocycles. The number of anilines is 1. The number of nitrogens with one attached hydrogen (secondary N) is 1. The minimum Gasteiger partial charge on any atom is -0.382 e.